The van der Waals surface area contributed by atoms with Crippen LogP contribution in [0.25, 0.3) is 0 Å². The predicted molar refractivity (Wildman–Crippen MR) is 75.8 cm³/mol. The molecule has 1 aromatic carbocycles. The van der Waals surface area contributed by atoms with Crippen molar-refractivity contribution in [2.75, 3.05) is 19.8 Å². The monoisotopic (exact) mass is 283 g/mol. The fourth-order valence-corrected chi connectivity index (χ4v) is 1.39. The van der Waals surface area contributed by atoms with Crippen LogP contribution in [0.5, 0.6) is 5.75 Å². The Labute approximate surface area is 117 Å². The molecule has 0 radical (unpaired) electrons. The molecule has 0 aliphatic rings. The Kier molecular flexibility index (Phi) is 6.62. The van der Waals surface area contributed by atoms with Gasteiger partial charge in [0.15, 0.2) is 5.11 Å². The van der Waals surface area contributed by atoms with Crippen molar-refractivity contribution >= 4 is 23.3 Å². The molecule has 0 heterocycles. The lowest BCUT2D eigenvalue weighted by molar-refractivity contribution is 0.0526. The van der Waals surface area contributed by atoms with Gasteiger partial charge in [-0.25, -0.2) is 10.6 Å². The minimum atomic E-state index is -0.338. The Morgan fingerprint density at radius 1 is 1.37 bits per heavy atom. The molecule has 0 aliphatic heterocycles. The molecule has 0 spiro atoms. The van der Waals surface area contributed by atoms with Crippen LogP contribution in [0, 0.1) is 0 Å². The number of ether oxygens (including phenoxy) is 2. The third-order valence-electron chi connectivity index (χ3n) is 2.15. The van der Waals surface area contributed by atoms with Gasteiger partial charge in [0, 0.05) is 0 Å². The maximum atomic E-state index is 11.4. The molecule has 0 aliphatic carbocycles. The molecule has 0 amide bonds. The summed E-state index contributed by atoms with van der Waals surface area (Å²) in [6.45, 7) is 3.09. The molecule has 0 fully saturated rings. The first-order chi connectivity index (χ1) is 9.17. The van der Waals surface area contributed by atoms with E-state index < -0.39 is 0 Å². The summed E-state index contributed by atoms with van der Waals surface area (Å²) in [6.07, 6.45) is 0. The number of hydrazine groups is 1. The normalized spacial score (nSPS) is 9.58. The van der Waals surface area contributed by atoms with Gasteiger partial charge >= 0.3 is 5.97 Å². The molecule has 19 heavy (non-hydrogen) atoms. The number of rotatable bonds is 6. The molecule has 6 nitrogen and oxygen atoms in total. The van der Waals surface area contributed by atoms with E-state index in [-0.39, 0.29) is 5.97 Å². The molecule has 1 rings (SSSR count). The van der Waals surface area contributed by atoms with Gasteiger partial charge in [-0.2, -0.15) is 0 Å². The lowest BCUT2D eigenvalue weighted by atomic mass is 10.2. The SMILES string of the molecule is CCOC(=O)c1ccc(OCCNC(=S)NN)cc1. The molecule has 104 valence electrons. The Hall–Kier alpha value is -1.86. The van der Waals surface area contributed by atoms with Gasteiger partial charge in [0.1, 0.15) is 12.4 Å². The molecule has 0 bridgehead atoms. The molecule has 0 atom stereocenters. The number of esters is 1. The second-order valence-corrected chi connectivity index (χ2v) is 3.90. The maximum absolute atomic E-state index is 11.4. The van der Waals surface area contributed by atoms with E-state index in [1.807, 2.05) is 0 Å². The van der Waals surface area contributed by atoms with Crippen molar-refractivity contribution in [1.82, 2.24) is 10.7 Å². The maximum Gasteiger partial charge on any atom is 0.338 e. The zero-order chi connectivity index (χ0) is 14.1. The van der Waals surface area contributed by atoms with E-state index in [1.54, 1.807) is 31.2 Å². The lowest BCUT2D eigenvalue weighted by Gasteiger charge is -2.09. The van der Waals surface area contributed by atoms with Crippen LogP contribution in [0.1, 0.15) is 17.3 Å². The molecule has 0 saturated carbocycles. The third kappa shape index (κ3) is 5.54. The van der Waals surface area contributed by atoms with Crippen LogP contribution in [0.2, 0.25) is 0 Å². The number of hydrogen-bond acceptors (Lipinski definition) is 5. The zero-order valence-corrected chi connectivity index (χ0v) is 11.5. The molecular formula is C12H17N3O3S. The van der Waals surface area contributed by atoms with Gasteiger partial charge in [0.25, 0.3) is 0 Å². The van der Waals surface area contributed by atoms with Crippen LogP contribution < -0.4 is 21.3 Å². The largest absolute Gasteiger partial charge is 0.492 e. The molecule has 7 heteroatoms. The highest BCUT2D eigenvalue weighted by Gasteiger charge is 2.05. The van der Waals surface area contributed by atoms with Crippen LogP contribution in [0.15, 0.2) is 24.3 Å². The number of carbonyl (C=O) groups is 1. The molecular weight excluding hydrogens is 266 g/mol. The van der Waals surface area contributed by atoms with E-state index in [9.17, 15) is 4.79 Å². The highest BCUT2D eigenvalue weighted by molar-refractivity contribution is 7.80. The number of benzene rings is 1. The molecule has 0 saturated heterocycles. The lowest BCUT2D eigenvalue weighted by Crippen LogP contribution is -2.41. The Balaban J connectivity index is 2.36. The fourth-order valence-electron chi connectivity index (χ4n) is 1.29. The average molecular weight is 283 g/mol. The van der Waals surface area contributed by atoms with Crippen molar-refractivity contribution in [3.8, 4) is 5.75 Å². The summed E-state index contributed by atoms with van der Waals surface area (Å²) in [6, 6.07) is 6.75. The van der Waals surface area contributed by atoms with E-state index in [0.717, 1.165) is 0 Å². The Morgan fingerprint density at radius 3 is 2.63 bits per heavy atom. The van der Waals surface area contributed by atoms with Crippen molar-refractivity contribution in [3.05, 3.63) is 29.8 Å². The molecule has 1 aromatic rings. The van der Waals surface area contributed by atoms with E-state index in [1.165, 1.54) is 0 Å². The molecule has 4 N–H and O–H groups in total. The highest BCUT2D eigenvalue weighted by Crippen LogP contribution is 2.12. The predicted octanol–water partition coefficient (Wildman–Crippen LogP) is 0.580. The van der Waals surface area contributed by atoms with Gasteiger partial charge in [-0.3, -0.25) is 0 Å². The zero-order valence-electron chi connectivity index (χ0n) is 10.6. The van der Waals surface area contributed by atoms with Crippen LogP contribution in [-0.4, -0.2) is 30.8 Å². The van der Waals surface area contributed by atoms with E-state index in [4.69, 9.17) is 27.5 Å². The minimum absolute atomic E-state index is 0.338. The van der Waals surface area contributed by atoms with Gasteiger partial charge in [-0.05, 0) is 43.4 Å². The van der Waals surface area contributed by atoms with Crippen LogP contribution in [-0.2, 0) is 4.74 Å². The van der Waals surface area contributed by atoms with E-state index in [2.05, 4.69) is 10.7 Å². The second-order valence-electron chi connectivity index (χ2n) is 3.49. The summed E-state index contributed by atoms with van der Waals surface area (Å²) in [5.74, 6) is 5.43. The summed E-state index contributed by atoms with van der Waals surface area (Å²) in [7, 11) is 0. The average Bonchev–Trinajstić information content (AvgIpc) is 2.44. The summed E-state index contributed by atoms with van der Waals surface area (Å²) < 4.78 is 10.3. The van der Waals surface area contributed by atoms with Gasteiger partial charge < -0.3 is 20.2 Å². The summed E-state index contributed by atoms with van der Waals surface area (Å²) in [4.78, 5) is 11.4. The molecule has 0 unspecified atom stereocenters. The number of nitrogens with two attached hydrogens (primary N) is 1. The first kappa shape index (κ1) is 15.2. The van der Waals surface area contributed by atoms with Crippen molar-refractivity contribution in [2.45, 2.75) is 6.92 Å². The first-order valence-corrected chi connectivity index (χ1v) is 6.22. The van der Waals surface area contributed by atoms with E-state index >= 15 is 0 Å². The minimum Gasteiger partial charge on any atom is -0.492 e. The van der Waals surface area contributed by atoms with Gasteiger partial charge in [-0.1, -0.05) is 0 Å². The van der Waals surface area contributed by atoms with Gasteiger partial charge in [-0.15, -0.1) is 0 Å². The second kappa shape index (κ2) is 8.28. The summed E-state index contributed by atoms with van der Waals surface area (Å²) in [5.41, 5.74) is 2.81. The number of nitrogens with one attached hydrogen (secondary N) is 2. The Morgan fingerprint density at radius 2 is 2.05 bits per heavy atom. The standard InChI is InChI=1S/C12H17N3O3S/c1-2-17-11(16)9-3-5-10(6-4-9)18-8-7-14-12(19)15-13/h3-6H,2,7-8,13H2,1H3,(H2,14,15,19). The molecule has 0 aromatic heterocycles. The van der Waals surface area contributed by atoms with Crippen molar-refractivity contribution in [2.24, 2.45) is 5.84 Å². The van der Waals surface area contributed by atoms with Crippen LogP contribution >= 0.6 is 12.2 Å². The fraction of sp³-hybridized carbons (Fsp3) is 0.333. The van der Waals surface area contributed by atoms with Gasteiger partial charge in [0.2, 0.25) is 0 Å². The number of carbonyl (C=O) groups excluding carboxylic acids is 1. The summed E-state index contributed by atoms with van der Waals surface area (Å²) >= 11 is 4.80. The van der Waals surface area contributed by atoms with E-state index in [0.29, 0.717) is 36.2 Å². The number of thiocarbonyl (C=S) groups is 1. The first-order valence-electron chi connectivity index (χ1n) is 5.81. The van der Waals surface area contributed by atoms with Crippen molar-refractivity contribution in [1.29, 1.82) is 0 Å². The number of hydrogen-bond donors (Lipinski definition) is 3. The van der Waals surface area contributed by atoms with Crippen molar-refractivity contribution in [3.63, 3.8) is 0 Å². The smallest absolute Gasteiger partial charge is 0.338 e. The van der Waals surface area contributed by atoms with Crippen LogP contribution in [0.4, 0.5) is 0 Å². The van der Waals surface area contributed by atoms with Crippen LogP contribution in [0.3, 0.4) is 0 Å². The third-order valence-corrected chi connectivity index (χ3v) is 2.42. The van der Waals surface area contributed by atoms with Gasteiger partial charge in [0.05, 0.1) is 18.7 Å². The summed E-state index contributed by atoms with van der Waals surface area (Å²) in [5, 5.41) is 3.21. The topological polar surface area (TPSA) is 85.6 Å². The quantitative estimate of drug-likeness (QED) is 0.231. The highest BCUT2D eigenvalue weighted by atomic mass is 32.1. The van der Waals surface area contributed by atoms with Crippen molar-refractivity contribution < 1.29 is 14.3 Å². The Bertz CT molecular complexity index is 423.